The molecule has 2 saturated heterocycles. The van der Waals surface area contributed by atoms with Crippen LogP contribution in [0.3, 0.4) is 0 Å². The van der Waals surface area contributed by atoms with Crippen LogP contribution in [0.1, 0.15) is 0 Å². The van der Waals surface area contributed by atoms with Crippen LogP contribution in [0.25, 0.3) is 0 Å². The summed E-state index contributed by atoms with van der Waals surface area (Å²) in [6, 6.07) is 0. The van der Waals surface area contributed by atoms with Crippen molar-refractivity contribution in [3.63, 3.8) is 0 Å². The first-order valence-electron chi connectivity index (χ1n) is 7.08. The van der Waals surface area contributed by atoms with Gasteiger partial charge in [-0.2, -0.15) is 0 Å². The molecule has 11 heteroatoms. The van der Waals surface area contributed by atoms with E-state index in [4.69, 9.17) is 19.3 Å². The van der Waals surface area contributed by atoms with Gasteiger partial charge >= 0.3 is 0 Å². The molecule has 0 spiro atoms. The second-order valence-corrected chi connectivity index (χ2v) is 6.04. The molecule has 136 valence electrons. The molecule has 2 heterocycles. The van der Waals surface area contributed by atoms with E-state index in [1.807, 2.05) is 0 Å². The zero-order valence-corrected chi connectivity index (χ0v) is 12.9. The third-order valence-electron chi connectivity index (χ3n) is 3.98. The van der Waals surface area contributed by atoms with Crippen molar-refractivity contribution >= 4 is 12.6 Å². The lowest BCUT2D eigenvalue weighted by Crippen LogP contribution is -2.63. The van der Waals surface area contributed by atoms with E-state index in [1.54, 1.807) is 0 Å². The van der Waals surface area contributed by atoms with Crippen molar-refractivity contribution in [3.8, 4) is 0 Å². The molecular weight excluding hydrogens is 336 g/mol. The predicted molar refractivity (Wildman–Crippen MR) is 75.4 cm³/mol. The minimum absolute atomic E-state index is 0.567. The highest BCUT2D eigenvalue weighted by Crippen LogP contribution is 2.29. The standard InChI is InChI=1S/C12H22O10S/c13-1-3-5(15)6(16)8(18)11(20-3)22-10-4(2-14)21-12(23)9(19)7(10)17/h3-19,23H,1-2H2/t3?,4?,5-,6?,7?,8?,9?,10-,11-,12+/m1/s1. The van der Waals surface area contributed by atoms with Crippen molar-refractivity contribution in [2.45, 2.75) is 60.6 Å². The summed E-state index contributed by atoms with van der Waals surface area (Å²) >= 11 is 3.92. The minimum Gasteiger partial charge on any atom is -0.394 e. The van der Waals surface area contributed by atoms with Crippen molar-refractivity contribution in [1.29, 1.82) is 0 Å². The second kappa shape index (κ2) is 7.89. The van der Waals surface area contributed by atoms with Gasteiger partial charge in [0.1, 0.15) is 54.3 Å². The average Bonchev–Trinajstić information content (AvgIpc) is 2.55. The third kappa shape index (κ3) is 3.80. The van der Waals surface area contributed by atoms with E-state index in [9.17, 15) is 30.6 Å². The van der Waals surface area contributed by atoms with Crippen LogP contribution in [0.4, 0.5) is 0 Å². The van der Waals surface area contributed by atoms with Gasteiger partial charge in [-0.25, -0.2) is 0 Å². The van der Waals surface area contributed by atoms with Crippen molar-refractivity contribution in [2.75, 3.05) is 13.2 Å². The SMILES string of the molecule is OCC1O[C@H](O[C@@H]2C(CO)O[C@@H](S)C(O)C2O)C(O)C(O)[C@@H]1O. The van der Waals surface area contributed by atoms with Gasteiger partial charge in [-0.05, 0) is 0 Å². The molecule has 0 bridgehead atoms. The Hall–Kier alpha value is -0.0500. The van der Waals surface area contributed by atoms with Crippen molar-refractivity contribution < 1.29 is 50.0 Å². The molecular formula is C12H22O10S. The van der Waals surface area contributed by atoms with E-state index in [-0.39, 0.29) is 0 Å². The Balaban J connectivity index is 2.11. The third-order valence-corrected chi connectivity index (χ3v) is 4.41. The molecule has 0 aromatic carbocycles. The maximum Gasteiger partial charge on any atom is 0.187 e. The maximum atomic E-state index is 10.1. The van der Waals surface area contributed by atoms with Crippen LogP contribution in [0.5, 0.6) is 0 Å². The van der Waals surface area contributed by atoms with Crippen molar-refractivity contribution in [2.24, 2.45) is 0 Å². The number of rotatable bonds is 4. The number of hydrogen-bond acceptors (Lipinski definition) is 11. The largest absolute Gasteiger partial charge is 0.394 e. The Morgan fingerprint density at radius 3 is 1.91 bits per heavy atom. The number of thiol groups is 1. The summed E-state index contributed by atoms with van der Waals surface area (Å²) in [6.45, 7) is -1.21. The van der Waals surface area contributed by atoms with E-state index >= 15 is 0 Å². The first-order valence-corrected chi connectivity index (χ1v) is 7.60. The molecule has 0 aromatic rings. The summed E-state index contributed by atoms with van der Waals surface area (Å²) in [6.07, 6.45) is -12.9. The molecule has 23 heavy (non-hydrogen) atoms. The lowest BCUT2D eigenvalue weighted by molar-refractivity contribution is -0.338. The topological polar surface area (TPSA) is 169 Å². The van der Waals surface area contributed by atoms with Crippen LogP contribution >= 0.6 is 12.6 Å². The molecule has 0 aliphatic carbocycles. The van der Waals surface area contributed by atoms with Gasteiger partial charge in [0.25, 0.3) is 0 Å². The van der Waals surface area contributed by atoms with Crippen molar-refractivity contribution in [3.05, 3.63) is 0 Å². The van der Waals surface area contributed by atoms with Gasteiger partial charge in [0.05, 0.1) is 13.2 Å². The molecule has 6 unspecified atom stereocenters. The van der Waals surface area contributed by atoms with Crippen LogP contribution < -0.4 is 0 Å². The Morgan fingerprint density at radius 2 is 1.35 bits per heavy atom. The fourth-order valence-corrected chi connectivity index (χ4v) is 2.90. The molecule has 0 amide bonds. The first kappa shape index (κ1) is 19.3. The van der Waals surface area contributed by atoms with Gasteiger partial charge in [-0.1, -0.05) is 0 Å². The molecule has 2 aliphatic heterocycles. The van der Waals surface area contributed by atoms with Gasteiger partial charge in [0.2, 0.25) is 0 Å². The highest BCUT2D eigenvalue weighted by molar-refractivity contribution is 7.80. The van der Waals surface area contributed by atoms with Crippen LogP contribution in [-0.2, 0) is 14.2 Å². The fourth-order valence-electron chi connectivity index (χ4n) is 2.57. The normalized spacial score (nSPS) is 51.7. The zero-order valence-electron chi connectivity index (χ0n) is 12.0. The summed E-state index contributed by atoms with van der Waals surface area (Å²) in [7, 11) is 0. The molecule has 2 fully saturated rings. The zero-order chi connectivity index (χ0) is 17.3. The molecule has 10 atom stereocenters. The Kier molecular flexibility index (Phi) is 6.61. The second-order valence-electron chi connectivity index (χ2n) is 5.53. The van der Waals surface area contributed by atoms with Gasteiger partial charge in [-0.3, -0.25) is 0 Å². The van der Waals surface area contributed by atoms with Crippen LogP contribution in [0, 0.1) is 0 Å². The number of aliphatic hydroxyl groups is 7. The Morgan fingerprint density at radius 1 is 0.739 bits per heavy atom. The highest BCUT2D eigenvalue weighted by atomic mass is 32.1. The van der Waals surface area contributed by atoms with Crippen molar-refractivity contribution in [1.82, 2.24) is 0 Å². The van der Waals surface area contributed by atoms with E-state index in [2.05, 4.69) is 12.6 Å². The lowest BCUT2D eigenvalue weighted by Gasteiger charge is -2.45. The smallest absolute Gasteiger partial charge is 0.187 e. The number of ether oxygens (including phenoxy) is 3. The number of hydrogen-bond donors (Lipinski definition) is 8. The molecule has 0 saturated carbocycles. The van der Waals surface area contributed by atoms with Crippen LogP contribution in [0.2, 0.25) is 0 Å². The highest BCUT2D eigenvalue weighted by Gasteiger charge is 2.49. The van der Waals surface area contributed by atoms with Gasteiger partial charge in [0, 0.05) is 0 Å². The van der Waals surface area contributed by atoms with Gasteiger partial charge < -0.3 is 50.0 Å². The monoisotopic (exact) mass is 358 g/mol. The predicted octanol–water partition coefficient (Wildman–Crippen LogP) is -4.46. The first-order chi connectivity index (χ1) is 10.8. The van der Waals surface area contributed by atoms with E-state index in [0.29, 0.717) is 0 Å². The van der Waals surface area contributed by atoms with E-state index < -0.39 is 73.8 Å². The summed E-state index contributed by atoms with van der Waals surface area (Å²) in [5.74, 6) is 0. The van der Waals surface area contributed by atoms with Gasteiger partial charge in [-0.15, -0.1) is 12.6 Å². The lowest BCUT2D eigenvalue weighted by atomic mass is 9.97. The molecule has 10 nitrogen and oxygen atoms in total. The molecule has 7 N–H and O–H groups in total. The average molecular weight is 358 g/mol. The Labute approximate surface area is 137 Å². The number of aliphatic hydroxyl groups excluding tert-OH is 7. The summed E-state index contributed by atoms with van der Waals surface area (Å²) in [5.41, 5.74) is -1.04. The molecule has 2 rings (SSSR count). The van der Waals surface area contributed by atoms with E-state index in [1.165, 1.54) is 0 Å². The van der Waals surface area contributed by atoms with Crippen LogP contribution in [-0.4, -0.2) is 110 Å². The van der Waals surface area contributed by atoms with Gasteiger partial charge in [0.15, 0.2) is 6.29 Å². The minimum atomic E-state index is -1.68. The molecule has 2 aliphatic rings. The summed E-state index contributed by atoms with van der Waals surface area (Å²) < 4.78 is 15.7. The van der Waals surface area contributed by atoms with Crippen LogP contribution in [0.15, 0.2) is 0 Å². The maximum absolute atomic E-state index is 10.1. The quantitative estimate of drug-likeness (QED) is 0.229. The Bertz CT molecular complexity index is 383. The summed E-state index contributed by atoms with van der Waals surface area (Å²) in [5, 5.41) is 67.6. The fraction of sp³-hybridized carbons (Fsp3) is 1.00. The van der Waals surface area contributed by atoms with E-state index in [0.717, 1.165) is 0 Å². The summed E-state index contributed by atoms with van der Waals surface area (Å²) in [4.78, 5) is 0. The molecule has 0 aromatic heterocycles. The molecule has 0 radical (unpaired) electrons.